The summed E-state index contributed by atoms with van der Waals surface area (Å²) in [6, 6.07) is -0.453. The molecule has 0 saturated carbocycles. The molecule has 6 heteroatoms. The Morgan fingerprint density at radius 1 is 1.69 bits per heavy atom. The van der Waals surface area contributed by atoms with Gasteiger partial charge < -0.3 is 15.4 Å². The molecule has 1 fully saturated rings. The van der Waals surface area contributed by atoms with Gasteiger partial charge in [-0.3, -0.25) is 4.79 Å². The van der Waals surface area contributed by atoms with Gasteiger partial charge in [-0.25, -0.2) is 4.79 Å². The van der Waals surface area contributed by atoms with E-state index >= 15 is 0 Å². The van der Waals surface area contributed by atoms with Gasteiger partial charge in [-0.15, -0.1) is 11.8 Å². The number of rotatable bonds is 2. The molecule has 1 aliphatic heterocycles. The van der Waals surface area contributed by atoms with Crippen molar-refractivity contribution in [2.75, 3.05) is 25.3 Å². The molecule has 1 saturated heterocycles. The third-order valence-corrected chi connectivity index (χ3v) is 2.86. The zero-order valence-electron chi connectivity index (χ0n) is 7.36. The largest absolute Gasteiger partial charge is 0.467 e. The predicted molar refractivity (Wildman–Crippen MR) is 49.0 cm³/mol. The molecule has 0 spiro atoms. The highest BCUT2D eigenvalue weighted by molar-refractivity contribution is 7.99. The summed E-state index contributed by atoms with van der Waals surface area (Å²) in [5.74, 6) is 0.543. The second-order valence-electron chi connectivity index (χ2n) is 2.61. The number of carbonyl (C=O) groups excluding carboxylic acids is 2. The molecule has 1 heterocycles. The molecule has 2 N–H and O–H groups in total. The number of thioether (sulfide) groups is 1. The highest BCUT2D eigenvalue weighted by Gasteiger charge is 2.34. The maximum Gasteiger partial charge on any atom is 0.329 e. The molecule has 1 amide bonds. The molecule has 0 radical (unpaired) electrons. The molecule has 13 heavy (non-hydrogen) atoms. The van der Waals surface area contributed by atoms with E-state index in [1.807, 2.05) is 0 Å². The molecule has 1 aliphatic rings. The van der Waals surface area contributed by atoms with Crippen molar-refractivity contribution in [3.63, 3.8) is 0 Å². The lowest BCUT2D eigenvalue weighted by Crippen LogP contribution is -2.44. The van der Waals surface area contributed by atoms with Gasteiger partial charge in [0.25, 0.3) is 0 Å². The third-order valence-electron chi connectivity index (χ3n) is 1.85. The lowest BCUT2D eigenvalue weighted by atomic mass is 10.3. The Labute approximate surface area is 80.6 Å². The van der Waals surface area contributed by atoms with Crippen molar-refractivity contribution in [1.29, 1.82) is 0 Å². The number of hydrogen-bond acceptors (Lipinski definition) is 5. The Morgan fingerprint density at radius 2 is 2.38 bits per heavy atom. The highest BCUT2D eigenvalue weighted by Crippen LogP contribution is 2.21. The molecular weight excluding hydrogens is 192 g/mol. The molecule has 0 unspecified atom stereocenters. The van der Waals surface area contributed by atoms with Crippen LogP contribution in [0.5, 0.6) is 0 Å². The van der Waals surface area contributed by atoms with Gasteiger partial charge in [-0.2, -0.15) is 0 Å². The van der Waals surface area contributed by atoms with Crippen molar-refractivity contribution < 1.29 is 14.3 Å². The van der Waals surface area contributed by atoms with E-state index in [9.17, 15) is 9.59 Å². The first-order valence-electron chi connectivity index (χ1n) is 3.85. The minimum absolute atomic E-state index is 0.0615. The second-order valence-corrected chi connectivity index (χ2v) is 3.61. The number of methoxy groups -OCH3 is 1. The van der Waals surface area contributed by atoms with Crippen LogP contribution < -0.4 is 5.73 Å². The fraction of sp³-hybridized carbons (Fsp3) is 0.714. The highest BCUT2D eigenvalue weighted by atomic mass is 32.2. The SMILES string of the molecule is COC(=O)[C@@H]1CSCN1C(=O)CN. The quantitative estimate of drug-likeness (QED) is 0.585. The Balaban J connectivity index is 2.63. The van der Waals surface area contributed by atoms with Gasteiger partial charge in [0.2, 0.25) is 5.91 Å². The average molecular weight is 204 g/mol. The van der Waals surface area contributed by atoms with Gasteiger partial charge >= 0.3 is 5.97 Å². The first-order valence-corrected chi connectivity index (χ1v) is 5.01. The molecular formula is C7H12N2O3S. The minimum Gasteiger partial charge on any atom is -0.467 e. The van der Waals surface area contributed by atoms with Gasteiger partial charge in [0, 0.05) is 5.75 Å². The van der Waals surface area contributed by atoms with Crippen LogP contribution in [-0.4, -0.2) is 48.1 Å². The summed E-state index contributed by atoms with van der Waals surface area (Å²) in [7, 11) is 1.32. The summed E-state index contributed by atoms with van der Waals surface area (Å²) in [6.45, 7) is -0.0615. The van der Waals surface area contributed by atoms with Crippen molar-refractivity contribution in [2.24, 2.45) is 5.73 Å². The molecule has 0 aliphatic carbocycles. The van der Waals surface area contributed by atoms with Crippen LogP contribution in [0.3, 0.4) is 0 Å². The van der Waals surface area contributed by atoms with E-state index in [0.717, 1.165) is 0 Å². The normalized spacial score (nSPS) is 21.7. The first-order chi connectivity index (χ1) is 6.20. The number of carbonyl (C=O) groups is 2. The topological polar surface area (TPSA) is 72.6 Å². The number of esters is 1. The van der Waals surface area contributed by atoms with Crippen LogP contribution >= 0.6 is 11.8 Å². The van der Waals surface area contributed by atoms with E-state index in [2.05, 4.69) is 4.74 Å². The van der Waals surface area contributed by atoms with Crippen LogP contribution in [0.4, 0.5) is 0 Å². The van der Waals surface area contributed by atoms with E-state index in [1.54, 1.807) is 0 Å². The van der Waals surface area contributed by atoms with Gasteiger partial charge in [0.1, 0.15) is 6.04 Å². The summed E-state index contributed by atoms with van der Waals surface area (Å²) in [5.41, 5.74) is 5.20. The monoisotopic (exact) mass is 204 g/mol. The molecule has 0 aromatic carbocycles. The van der Waals surface area contributed by atoms with Gasteiger partial charge in [-0.1, -0.05) is 0 Å². The summed E-state index contributed by atoms with van der Waals surface area (Å²) in [4.78, 5) is 23.9. The lowest BCUT2D eigenvalue weighted by Gasteiger charge is -2.20. The maximum absolute atomic E-state index is 11.2. The van der Waals surface area contributed by atoms with E-state index in [-0.39, 0.29) is 18.4 Å². The van der Waals surface area contributed by atoms with Crippen LogP contribution in [0, 0.1) is 0 Å². The van der Waals surface area contributed by atoms with Gasteiger partial charge in [-0.05, 0) is 0 Å². The van der Waals surface area contributed by atoms with Gasteiger partial charge in [0.15, 0.2) is 0 Å². The molecule has 1 rings (SSSR count). The predicted octanol–water partition coefficient (Wildman–Crippen LogP) is -0.980. The summed E-state index contributed by atoms with van der Waals surface area (Å²) >= 11 is 1.53. The summed E-state index contributed by atoms with van der Waals surface area (Å²) in [6.07, 6.45) is 0. The second kappa shape index (κ2) is 4.48. The Morgan fingerprint density at radius 3 is 2.92 bits per heavy atom. The zero-order chi connectivity index (χ0) is 9.84. The molecule has 5 nitrogen and oxygen atoms in total. The Kier molecular flexibility index (Phi) is 3.56. The van der Waals surface area contributed by atoms with Crippen molar-refractivity contribution in [3.8, 4) is 0 Å². The molecule has 74 valence electrons. The van der Waals surface area contributed by atoms with Crippen LogP contribution in [0.25, 0.3) is 0 Å². The summed E-state index contributed by atoms with van der Waals surface area (Å²) in [5, 5.41) is 0. The molecule has 1 atom stereocenters. The van der Waals surface area contributed by atoms with Crippen molar-refractivity contribution in [3.05, 3.63) is 0 Å². The fourth-order valence-corrected chi connectivity index (χ4v) is 2.30. The average Bonchev–Trinajstić information content (AvgIpc) is 2.63. The maximum atomic E-state index is 11.2. The number of hydrogen-bond donors (Lipinski definition) is 1. The smallest absolute Gasteiger partial charge is 0.329 e. The molecule has 0 aromatic rings. The molecule has 0 aromatic heterocycles. The summed E-state index contributed by atoms with van der Waals surface area (Å²) < 4.78 is 4.57. The third kappa shape index (κ3) is 2.13. The number of nitrogens with zero attached hydrogens (tertiary/aromatic N) is 1. The van der Waals surface area contributed by atoms with Crippen LogP contribution in [0.2, 0.25) is 0 Å². The van der Waals surface area contributed by atoms with E-state index in [4.69, 9.17) is 5.73 Å². The van der Waals surface area contributed by atoms with E-state index in [1.165, 1.54) is 23.8 Å². The number of amides is 1. The molecule has 0 bridgehead atoms. The number of nitrogens with two attached hydrogens (primary N) is 1. The lowest BCUT2D eigenvalue weighted by molar-refractivity contribution is -0.150. The van der Waals surface area contributed by atoms with Crippen LogP contribution in [0.15, 0.2) is 0 Å². The van der Waals surface area contributed by atoms with Crippen LogP contribution in [-0.2, 0) is 14.3 Å². The fourth-order valence-electron chi connectivity index (χ4n) is 1.14. The van der Waals surface area contributed by atoms with Crippen molar-refractivity contribution in [1.82, 2.24) is 4.90 Å². The zero-order valence-corrected chi connectivity index (χ0v) is 8.17. The first kappa shape index (κ1) is 10.3. The van der Waals surface area contributed by atoms with Crippen molar-refractivity contribution in [2.45, 2.75) is 6.04 Å². The minimum atomic E-state index is -0.453. The Bertz CT molecular complexity index is 200. The van der Waals surface area contributed by atoms with Gasteiger partial charge in [0.05, 0.1) is 19.5 Å². The standard InChI is InChI=1S/C7H12N2O3S/c1-12-7(11)5-3-13-4-9(5)6(10)2-8/h5H,2-4,8H2,1H3/t5-/m0/s1. The Hall–Kier alpha value is -0.750. The van der Waals surface area contributed by atoms with E-state index < -0.39 is 6.04 Å². The number of ether oxygens (including phenoxy) is 1. The van der Waals surface area contributed by atoms with E-state index in [0.29, 0.717) is 11.6 Å². The van der Waals surface area contributed by atoms with Crippen molar-refractivity contribution >= 4 is 23.6 Å². The van der Waals surface area contributed by atoms with Crippen LogP contribution in [0.1, 0.15) is 0 Å².